The van der Waals surface area contributed by atoms with E-state index in [9.17, 15) is 9.59 Å². The highest BCUT2D eigenvalue weighted by atomic mass is 16.5. The molecule has 6 heteroatoms. The number of carboxylic acid groups (broad SMARTS) is 1. The molecule has 2 aromatic rings. The predicted molar refractivity (Wildman–Crippen MR) is 79.7 cm³/mol. The Balaban J connectivity index is 2.07. The van der Waals surface area contributed by atoms with Gasteiger partial charge in [0, 0.05) is 12.5 Å². The molecule has 0 aliphatic heterocycles. The normalized spacial score (nSPS) is 13.4. The summed E-state index contributed by atoms with van der Waals surface area (Å²) in [4.78, 5) is 22.9. The molecule has 0 fully saturated rings. The number of nitrogens with two attached hydrogens (primary N) is 1. The first-order chi connectivity index (χ1) is 10.4. The fourth-order valence-electron chi connectivity index (χ4n) is 1.81. The Labute approximate surface area is 127 Å². The van der Waals surface area contributed by atoms with Gasteiger partial charge in [-0.05, 0) is 12.5 Å². The quantitative estimate of drug-likeness (QED) is 0.839. The molecule has 2 rings (SSSR count). The van der Waals surface area contributed by atoms with Crippen molar-refractivity contribution in [3.63, 3.8) is 0 Å². The number of benzene rings is 1. The van der Waals surface area contributed by atoms with E-state index in [4.69, 9.17) is 20.0 Å². The van der Waals surface area contributed by atoms with Crippen molar-refractivity contribution in [2.75, 3.05) is 0 Å². The maximum atomic E-state index is 11.9. The van der Waals surface area contributed by atoms with Crippen molar-refractivity contribution in [1.29, 1.82) is 0 Å². The smallest absolute Gasteiger partial charge is 0.323 e. The first kappa shape index (κ1) is 15.8. The number of hydrogen-bond acceptors (Lipinski definition) is 5. The van der Waals surface area contributed by atoms with Gasteiger partial charge in [-0.2, -0.15) is 0 Å². The second kappa shape index (κ2) is 6.44. The molecule has 1 aromatic heterocycles. The Morgan fingerprint density at radius 3 is 2.64 bits per heavy atom. The lowest BCUT2D eigenvalue weighted by molar-refractivity contribution is -0.142. The summed E-state index contributed by atoms with van der Waals surface area (Å²) in [5.74, 6) is -0.898. The molecule has 0 aliphatic rings. The molecule has 0 radical (unpaired) electrons. The van der Waals surface area contributed by atoms with Crippen LogP contribution in [0.15, 0.2) is 51.9 Å². The van der Waals surface area contributed by atoms with E-state index in [1.165, 1.54) is 19.3 Å². The summed E-state index contributed by atoms with van der Waals surface area (Å²) in [5.41, 5.74) is 4.67. The van der Waals surface area contributed by atoms with Gasteiger partial charge < -0.3 is 20.0 Å². The summed E-state index contributed by atoms with van der Waals surface area (Å²) in [6.07, 6.45) is 1.09. The third-order valence-corrected chi connectivity index (χ3v) is 3.12. The third-order valence-electron chi connectivity index (χ3n) is 3.12. The van der Waals surface area contributed by atoms with Crippen molar-refractivity contribution < 1.29 is 19.1 Å². The third kappa shape index (κ3) is 3.95. The lowest BCUT2D eigenvalue weighted by atomic mass is 9.98. The zero-order chi connectivity index (χ0) is 16.2. The maximum Gasteiger partial charge on any atom is 0.323 e. The molecule has 0 amide bonds. The number of hydrogen-bond donors (Lipinski definition) is 2. The van der Waals surface area contributed by atoms with E-state index in [1.807, 2.05) is 30.3 Å². The highest BCUT2D eigenvalue weighted by molar-refractivity contribution is 5.78. The number of carbonyl (C=O) groups is 1. The molecule has 0 aliphatic carbocycles. The Morgan fingerprint density at radius 2 is 2.05 bits per heavy atom. The maximum absolute atomic E-state index is 11.9. The summed E-state index contributed by atoms with van der Waals surface area (Å²) in [6.45, 7) is 1.60. The zero-order valence-corrected chi connectivity index (χ0v) is 12.1. The van der Waals surface area contributed by atoms with E-state index in [2.05, 4.69) is 0 Å². The van der Waals surface area contributed by atoms with Crippen LogP contribution in [0.2, 0.25) is 0 Å². The first-order valence-corrected chi connectivity index (χ1v) is 6.69. The van der Waals surface area contributed by atoms with Crippen LogP contribution in [-0.4, -0.2) is 16.6 Å². The van der Waals surface area contributed by atoms with Crippen LogP contribution in [0.5, 0.6) is 5.75 Å². The number of aliphatic carboxylic acids is 1. The fourth-order valence-corrected chi connectivity index (χ4v) is 1.81. The molecule has 1 atom stereocenters. The fraction of sp³-hybridized carbons (Fsp3) is 0.250. The molecule has 1 aromatic carbocycles. The standard InChI is InChI=1S/C16H17NO5/c1-16(17,15(19)20)8-12-7-13(18)14(10-21-12)22-9-11-5-3-2-4-6-11/h2-7,10H,8-9,17H2,1H3,(H,19,20). The van der Waals surface area contributed by atoms with Crippen molar-refractivity contribution in [3.8, 4) is 5.75 Å². The minimum atomic E-state index is -1.50. The van der Waals surface area contributed by atoms with Crippen LogP contribution in [0, 0.1) is 0 Å². The highest BCUT2D eigenvalue weighted by Gasteiger charge is 2.29. The molecule has 6 nitrogen and oxygen atoms in total. The molecular weight excluding hydrogens is 286 g/mol. The van der Waals surface area contributed by atoms with E-state index in [0.717, 1.165) is 5.56 Å². The Morgan fingerprint density at radius 1 is 1.36 bits per heavy atom. The van der Waals surface area contributed by atoms with Gasteiger partial charge >= 0.3 is 5.97 Å². The molecule has 116 valence electrons. The summed E-state index contributed by atoms with van der Waals surface area (Å²) < 4.78 is 10.6. The van der Waals surface area contributed by atoms with Crippen molar-refractivity contribution in [3.05, 3.63) is 64.2 Å². The average molecular weight is 303 g/mol. The molecule has 1 heterocycles. The molecule has 3 N–H and O–H groups in total. The second-order valence-corrected chi connectivity index (χ2v) is 5.25. The minimum absolute atomic E-state index is 0.0710. The van der Waals surface area contributed by atoms with Crippen LogP contribution in [0.3, 0.4) is 0 Å². The van der Waals surface area contributed by atoms with Gasteiger partial charge in [0.25, 0.3) is 0 Å². The zero-order valence-electron chi connectivity index (χ0n) is 12.1. The summed E-state index contributed by atoms with van der Waals surface area (Å²) in [5, 5.41) is 8.97. The Bertz CT molecular complexity index is 706. The lowest BCUT2D eigenvalue weighted by Gasteiger charge is -2.17. The van der Waals surface area contributed by atoms with Gasteiger partial charge in [0.2, 0.25) is 11.2 Å². The van der Waals surface area contributed by atoms with Crippen molar-refractivity contribution in [2.45, 2.75) is 25.5 Å². The van der Waals surface area contributed by atoms with E-state index < -0.39 is 11.5 Å². The van der Waals surface area contributed by atoms with E-state index >= 15 is 0 Å². The second-order valence-electron chi connectivity index (χ2n) is 5.25. The summed E-state index contributed by atoms with van der Waals surface area (Å²) in [7, 11) is 0. The SMILES string of the molecule is CC(N)(Cc1cc(=O)c(OCc2ccccc2)co1)C(=O)O. The van der Waals surface area contributed by atoms with E-state index in [0.29, 0.717) is 0 Å². The van der Waals surface area contributed by atoms with Crippen molar-refractivity contribution >= 4 is 5.97 Å². The van der Waals surface area contributed by atoms with Crippen molar-refractivity contribution in [2.24, 2.45) is 5.73 Å². The van der Waals surface area contributed by atoms with Crippen LogP contribution in [-0.2, 0) is 17.8 Å². The predicted octanol–water partition coefficient (Wildman–Crippen LogP) is 1.56. The topological polar surface area (TPSA) is 103 Å². The van der Waals surface area contributed by atoms with Crippen LogP contribution >= 0.6 is 0 Å². The van der Waals surface area contributed by atoms with Gasteiger partial charge in [-0.1, -0.05) is 30.3 Å². The van der Waals surface area contributed by atoms with Crippen LogP contribution in [0.25, 0.3) is 0 Å². The molecule has 22 heavy (non-hydrogen) atoms. The van der Waals surface area contributed by atoms with Crippen LogP contribution in [0.1, 0.15) is 18.2 Å². The summed E-state index contributed by atoms with van der Waals surface area (Å²) in [6, 6.07) is 10.6. The molecule has 0 saturated carbocycles. The van der Waals surface area contributed by atoms with Gasteiger partial charge in [0.1, 0.15) is 24.2 Å². The average Bonchev–Trinajstić information content (AvgIpc) is 2.47. The molecule has 0 spiro atoms. The van der Waals surface area contributed by atoms with Crippen molar-refractivity contribution in [1.82, 2.24) is 0 Å². The van der Waals surface area contributed by atoms with Gasteiger partial charge in [0.05, 0.1) is 0 Å². The molecule has 1 unspecified atom stereocenters. The van der Waals surface area contributed by atoms with Gasteiger partial charge in [0.15, 0.2) is 0 Å². The first-order valence-electron chi connectivity index (χ1n) is 6.69. The van der Waals surface area contributed by atoms with Crippen LogP contribution in [0.4, 0.5) is 0 Å². The van der Waals surface area contributed by atoms with Gasteiger partial charge in [-0.3, -0.25) is 9.59 Å². The monoisotopic (exact) mass is 303 g/mol. The van der Waals surface area contributed by atoms with Gasteiger partial charge in [-0.15, -0.1) is 0 Å². The Hall–Kier alpha value is -2.60. The lowest BCUT2D eigenvalue weighted by Crippen LogP contribution is -2.46. The van der Waals surface area contributed by atoms with E-state index in [-0.39, 0.29) is 30.0 Å². The Kier molecular flexibility index (Phi) is 4.62. The number of rotatable bonds is 6. The molecule has 0 saturated heterocycles. The number of ether oxygens (including phenoxy) is 1. The van der Waals surface area contributed by atoms with E-state index in [1.54, 1.807) is 0 Å². The molecule has 0 bridgehead atoms. The summed E-state index contributed by atoms with van der Waals surface area (Å²) >= 11 is 0. The minimum Gasteiger partial charge on any atom is -0.482 e. The molecular formula is C16H17NO5. The largest absolute Gasteiger partial charge is 0.482 e. The van der Waals surface area contributed by atoms with Crippen LogP contribution < -0.4 is 15.9 Å². The highest BCUT2D eigenvalue weighted by Crippen LogP contribution is 2.13. The van der Waals surface area contributed by atoms with Gasteiger partial charge in [-0.25, -0.2) is 0 Å². The number of carboxylic acids is 1.